The number of nitrogen functional groups attached to an aromatic ring is 1. The summed E-state index contributed by atoms with van der Waals surface area (Å²) in [6, 6.07) is 15.6. The molecular formula is C17H21ClN2O. The third-order valence-corrected chi connectivity index (χ3v) is 3.95. The van der Waals surface area contributed by atoms with E-state index < -0.39 is 0 Å². The summed E-state index contributed by atoms with van der Waals surface area (Å²) in [6.07, 6.45) is 0. The number of rotatable bonds is 6. The van der Waals surface area contributed by atoms with E-state index in [9.17, 15) is 0 Å². The molecule has 0 spiro atoms. The summed E-state index contributed by atoms with van der Waals surface area (Å²) in [4.78, 5) is 2.22. The Morgan fingerprint density at radius 1 is 1.14 bits per heavy atom. The highest BCUT2D eigenvalue weighted by Gasteiger charge is 2.14. The number of nitrogens with two attached hydrogens (primary N) is 1. The molecule has 1 atom stereocenters. The lowest BCUT2D eigenvalue weighted by Gasteiger charge is -2.25. The summed E-state index contributed by atoms with van der Waals surface area (Å²) >= 11 is 6.24. The fraction of sp³-hybridized carbons (Fsp3) is 0.294. The van der Waals surface area contributed by atoms with Gasteiger partial charge in [0.1, 0.15) is 12.4 Å². The van der Waals surface area contributed by atoms with Gasteiger partial charge in [-0.15, -0.1) is 0 Å². The maximum Gasteiger partial charge on any atom is 0.119 e. The summed E-state index contributed by atoms with van der Waals surface area (Å²) in [5, 5.41) is 0.802. The van der Waals surface area contributed by atoms with Crippen molar-refractivity contribution in [3.8, 4) is 5.75 Å². The highest BCUT2D eigenvalue weighted by molar-refractivity contribution is 6.31. The first-order valence-corrected chi connectivity index (χ1v) is 7.38. The molecule has 0 radical (unpaired) electrons. The number of likely N-dealkylation sites (N-methyl/N-ethyl adjacent to an activating group) is 1. The van der Waals surface area contributed by atoms with Crippen molar-refractivity contribution >= 4 is 17.3 Å². The Labute approximate surface area is 131 Å². The third kappa shape index (κ3) is 4.38. The van der Waals surface area contributed by atoms with E-state index >= 15 is 0 Å². The van der Waals surface area contributed by atoms with Crippen LogP contribution in [0.2, 0.25) is 5.02 Å². The minimum absolute atomic E-state index is 0.244. The normalized spacial score (nSPS) is 12.4. The molecule has 0 aliphatic carbocycles. The summed E-state index contributed by atoms with van der Waals surface area (Å²) < 4.78 is 5.72. The molecule has 0 saturated carbocycles. The molecule has 4 heteroatoms. The van der Waals surface area contributed by atoms with Crippen molar-refractivity contribution in [3.05, 3.63) is 59.1 Å². The monoisotopic (exact) mass is 304 g/mol. The van der Waals surface area contributed by atoms with E-state index in [2.05, 4.69) is 24.9 Å². The van der Waals surface area contributed by atoms with Gasteiger partial charge in [0.25, 0.3) is 0 Å². The average molecular weight is 305 g/mol. The number of hydrogen-bond donors (Lipinski definition) is 1. The fourth-order valence-electron chi connectivity index (χ4n) is 2.12. The van der Waals surface area contributed by atoms with E-state index in [0.717, 1.165) is 28.6 Å². The molecule has 1 unspecified atom stereocenters. The standard InChI is InChI=1S/C17H21ClN2O/c1-13(16-5-3-4-6-17(16)18)20(2)11-12-21-15-9-7-14(19)8-10-15/h3-10,13H,11-12,19H2,1-2H3. The van der Waals surface area contributed by atoms with Gasteiger partial charge in [0.2, 0.25) is 0 Å². The summed E-state index contributed by atoms with van der Waals surface area (Å²) in [7, 11) is 2.07. The molecule has 21 heavy (non-hydrogen) atoms. The lowest BCUT2D eigenvalue weighted by molar-refractivity contribution is 0.201. The Bertz CT molecular complexity index is 571. The minimum Gasteiger partial charge on any atom is -0.492 e. The first-order valence-electron chi connectivity index (χ1n) is 7.01. The molecule has 0 saturated heterocycles. The quantitative estimate of drug-likeness (QED) is 0.820. The number of hydrogen-bond acceptors (Lipinski definition) is 3. The Kier molecular flexibility index (Phi) is 5.48. The van der Waals surface area contributed by atoms with Gasteiger partial charge in [-0.25, -0.2) is 0 Å². The molecule has 3 nitrogen and oxygen atoms in total. The Morgan fingerprint density at radius 3 is 2.48 bits per heavy atom. The van der Waals surface area contributed by atoms with Crippen molar-refractivity contribution in [2.45, 2.75) is 13.0 Å². The van der Waals surface area contributed by atoms with Crippen LogP contribution in [0, 0.1) is 0 Å². The lowest BCUT2D eigenvalue weighted by Crippen LogP contribution is -2.27. The molecule has 2 rings (SSSR count). The van der Waals surface area contributed by atoms with Crippen molar-refractivity contribution in [2.24, 2.45) is 0 Å². The highest BCUT2D eigenvalue weighted by atomic mass is 35.5. The number of halogens is 1. The smallest absolute Gasteiger partial charge is 0.119 e. The van der Waals surface area contributed by atoms with E-state index in [1.165, 1.54) is 0 Å². The molecule has 0 bridgehead atoms. The molecule has 2 N–H and O–H groups in total. The van der Waals surface area contributed by atoms with Gasteiger partial charge >= 0.3 is 0 Å². The van der Waals surface area contributed by atoms with Crippen molar-refractivity contribution in [2.75, 3.05) is 25.9 Å². The van der Waals surface area contributed by atoms with E-state index in [1.54, 1.807) is 0 Å². The highest BCUT2D eigenvalue weighted by Crippen LogP contribution is 2.25. The van der Waals surface area contributed by atoms with Crippen molar-refractivity contribution in [1.82, 2.24) is 4.90 Å². The second kappa shape index (κ2) is 7.34. The lowest BCUT2D eigenvalue weighted by atomic mass is 10.1. The SMILES string of the molecule is CC(c1ccccc1Cl)N(C)CCOc1ccc(N)cc1. The summed E-state index contributed by atoms with van der Waals surface area (Å²) in [5.74, 6) is 0.836. The van der Waals surface area contributed by atoms with Crippen LogP contribution in [0.5, 0.6) is 5.75 Å². The van der Waals surface area contributed by atoms with Crippen LogP contribution in [0.15, 0.2) is 48.5 Å². The van der Waals surface area contributed by atoms with Gasteiger partial charge in [-0.05, 0) is 49.9 Å². The van der Waals surface area contributed by atoms with E-state index in [-0.39, 0.29) is 6.04 Å². The van der Waals surface area contributed by atoms with Gasteiger partial charge in [-0.3, -0.25) is 4.90 Å². The summed E-state index contributed by atoms with van der Waals surface area (Å²) in [5.41, 5.74) is 7.52. The van der Waals surface area contributed by atoms with Gasteiger partial charge in [0, 0.05) is 23.3 Å². The maximum atomic E-state index is 6.24. The topological polar surface area (TPSA) is 38.5 Å². The van der Waals surface area contributed by atoms with Crippen LogP contribution in [-0.2, 0) is 0 Å². The Balaban J connectivity index is 1.85. The second-order valence-electron chi connectivity index (χ2n) is 5.10. The number of anilines is 1. The predicted molar refractivity (Wildman–Crippen MR) is 88.8 cm³/mol. The molecule has 2 aromatic rings. The van der Waals surface area contributed by atoms with Crippen molar-refractivity contribution in [3.63, 3.8) is 0 Å². The van der Waals surface area contributed by atoms with Crippen molar-refractivity contribution in [1.29, 1.82) is 0 Å². The predicted octanol–water partition coefficient (Wildman–Crippen LogP) is 3.99. The van der Waals surface area contributed by atoms with E-state index in [4.69, 9.17) is 22.1 Å². The van der Waals surface area contributed by atoms with Crippen molar-refractivity contribution < 1.29 is 4.74 Å². The van der Waals surface area contributed by atoms with Crippen LogP contribution in [0.4, 0.5) is 5.69 Å². The van der Waals surface area contributed by atoms with E-state index in [1.807, 2.05) is 42.5 Å². The number of ether oxygens (including phenoxy) is 1. The van der Waals surface area contributed by atoms with Gasteiger partial charge in [-0.1, -0.05) is 29.8 Å². The van der Waals surface area contributed by atoms with Crippen LogP contribution < -0.4 is 10.5 Å². The first kappa shape index (κ1) is 15.7. The number of nitrogens with zero attached hydrogens (tertiary/aromatic N) is 1. The molecule has 112 valence electrons. The molecular weight excluding hydrogens is 284 g/mol. The summed E-state index contributed by atoms with van der Waals surface area (Å²) in [6.45, 7) is 3.58. The molecule has 2 aromatic carbocycles. The minimum atomic E-state index is 0.244. The van der Waals surface area contributed by atoms with Crippen LogP contribution in [-0.4, -0.2) is 25.1 Å². The van der Waals surface area contributed by atoms with Gasteiger partial charge < -0.3 is 10.5 Å². The van der Waals surface area contributed by atoms with Crippen LogP contribution in [0.3, 0.4) is 0 Å². The average Bonchev–Trinajstić information content (AvgIpc) is 2.49. The molecule has 0 fully saturated rings. The maximum absolute atomic E-state index is 6.24. The number of benzene rings is 2. The zero-order chi connectivity index (χ0) is 15.2. The van der Waals surface area contributed by atoms with Crippen LogP contribution >= 0.6 is 11.6 Å². The molecule has 0 aromatic heterocycles. The largest absolute Gasteiger partial charge is 0.492 e. The van der Waals surface area contributed by atoms with Gasteiger partial charge in [0.05, 0.1) is 0 Å². The Hall–Kier alpha value is -1.71. The van der Waals surface area contributed by atoms with Crippen LogP contribution in [0.25, 0.3) is 0 Å². The molecule has 0 heterocycles. The molecule has 0 aliphatic heterocycles. The molecule has 0 aliphatic rings. The zero-order valence-electron chi connectivity index (χ0n) is 12.4. The molecule has 0 amide bonds. The van der Waals surface area contributed by atoms with Gasteiger partial charge in [-0.2, -0.15) is 0 Å². The van der Waals surface area contributed by atoms with E-state index in [0.29, 0.717) is 6.61 Å². The fourth-order valence-corrected chi connectivity index (χ4v) is 2.41. The van der Waals surface area contributed by atoms with Gasteiger partial charge in [0.15, 0.2) is 0 Å². The second-order valence-corrected chi connectivity index (χ2v) is 5.50. The Morgan fingerprint density at radius 2 is 1.81 bits per heavy atom. The first-order chi connectivity index (χ1) is 10.1. The third-order valence-electron chi connectivity index (χ3n) is 3.61. The zero-order valence-corrected chi connectivity index (χ0v) is 13.2. The van der Waals surface area contributed by atoms with Crippen LogP contribution in [0.1, 0.15) is 18.5 Å².